The number of hydrogen-bond donors (Lipinski definition) is 1. The summed E-state index contributed by atoms with van der Waals surface area (Å²) in [5.74, 6) is -0.783. The second-order valence-corrected chi connectivity index (χ2v) is 5.64. The van der Waals surface area contributed by atoms with Crippen molar-refractivity contribution in [2.45, 2.75) is 4.90 Å². The molecular weight excluding hydrogens is 329 g/mol. The third kappa shape index (κ3) is 3.81. The lowest BCUT2D eigenvalue weighted by atomic mass is 10.2. The lowest BCUT2D eigenvalue weighted by molar-refractivity contribution is 0.102. The molecule has 0 saturated heterocycles. The predicted molar refractivity (Wildman–Crippen MR) is 80.3 cm³/mol. The van der Waals surface area contributed by atoms with E-state index in [0.717, 1.165) is 4.90 Å². The van der Waals surface area contributed by atoms with Crippen LogP contribution in [0.1, 0.15) is 10.4 Å². The number of halogens is 2. The van der Waals surface area contributed by atoms with Gasteiger partial charge in [-0.25, -0.2) is 4.39 Å². The minimum atomic E-state index is -0.447. The van der Waals surface area contributed by atoms with Gasteiger partial charge in [-0.1, -0.05) is 15.9 Å². The lowest BCUT2D eigenvalue weighted by Crippen LogP contribution is -2.12. The van der Waals surface area contributed by atoms with Crippen molar-refractivity contribution in [3.05, 3.63) is 58.3 Å². The second kappa shape index (κ2) is 6.21. The fraction of sp³-hybridized carbons (Fsp3) is 0.0714. The summed E-state index contributed by atoms with van der Waals surface area (Å²) in [6, 6.07) is 11.6. The Bertz CT molecular complexity index is 581. The van der Waals surface area contributed by atoms with Crippen molar-refractivity contribution in [2.24, 2.45) is 0 Å². The number of hydrogen-bond acceptors (Lipinski definition) is 2. The number of benzene rings is 2. The molecule has 0 aliphatic carbocycles. The Morgan fingerprint density at radius 1 is 1.21 bits per heavy atom. The SMILES string of the molecule is CSc1ccc(NC(=O)c2cc(F)cc(Br)c2)cc1. The van der Waals surface area contributed by atoms with Crippen LogP contribution in [0.25, 0.3) is 0 Å². The van der Waals surface area contributed by atoms with Gasteiger partial charge < -0.3 is 5.32 Å². The van der Waals surface area contributed by atoms with E-state index < -0.39 is 5.82 Å². The van der Waals surface area contributed by atoms with E-state index in [-0.39, 0.29) is 11.5 Å². The fourth-order valence-electron chi connectivity index (χ4n) is 1.56. The van der Waals surface area contributed by atoms with Crippen LogP contribution in [0.3, 0.4) is 0 Å². The number of thioether (sulfide) groups is 1. The molecule has 0 heterocycles. The van der Waals surface area contributed by atoms with Gasteiger partial charge in [-0.3, -0.25) is 4.79 Å². The Balaban J connectivity index is 2.15. The van der Waals surface area contributed by atoms with Crippen molar-refractivity contribution in [3.63, 3.8) is 0 Å². The van der Waals surface area contributed by atoms with Crippen molar-refractivity contribution >= 4 is 39.3 Å². The highest BCUT2D eigenvalue weighted by atomic mass is 79.9. The van der Waals surface area contributed by atoms with Gasteiger partial charge in [0.05, 0.1) is 0 Å². The van der Waals surface area contributed by atoms with Crippen LogP contribution in [0, 0.1) is 5.82 Å². The highest BCUT2D eigenvalue weighted by molar-refractivity contribution is 9.10. The summed E-state index contributed by atoms with van der Waals surface area (Å²) in [5, 5.41) is 2.73. The molecule has 0 saturated carbocycles. The first-order valence-electron chi connectivity index (χ1n) is 5.50. The Morgan fingerprint density at radius 3 is 2.47 bits per heavy atom. The quantitative estimate of drug-likeness (QED) is 0.830. The minimum absolute atomic E-state index is 0.279. The number of carbonyl (C=O) groups is 1. The molecule has 5 heteroatoms. The maximum atomic E-state index is 13.2. The first-order valence-corrected chi connectivity index (χ1v) is 7.52. The van der Waals surface area contributed by atoms with Crippen LogP contribution in [-0.2, 0) is 0 Å². The topological polar surface area (TPSA) is 29.1 Å². The van der Waals surface area contributed by atoms with E-state index in [2.05, 4.69) is 21.2 Å². The van der Waals surface area contributed by atoms with Crippen LogP contribution < -0.4 is 5.32 Å². The van der Waals surface area contributed by atoms with Gasteiger partial charge in [0.15, 0.2) is 0 Å². The third-order valence-corrected chi connectivity index (χ3v) is 3.67. The Kier molecular flexibility index (Phi) is 4.61. The Hall–Kier alpha value is -1.33. The number of carbonyl (C=O) groups excluding carboxylic acids is 1. The zero-order chi connectivity index (χ0) is 13.8. The van der Waals surface area contributed by atoms with E-state index in [0.29, 0.717) is 10.2 Å². The first kappa shape index (κ1) is 14.1. The summed E-state index contributed by atoms with van der Waals surface area (Å²) < 4.78 is 13.8. The smallest absolute Gasteiger partial charge is 0.255 e. The maximum absolute atomic E-state index is 13.2. The molecule has 0 aliphatic rings. The van der Waals surface area contributed by atoms with Crippen molar-refractivity contribution in [1.29, 1.82) is 0 Å². The fourth-order valence-corrected chi connectivity index (χ4v) is 2.44. The molecule has 0 aromatic heterocycles. The van der Waals surface area contributed by atoms with Gasteiger partial charge >= 0.3 is 0 Å². The summed E-state index contributed by atoms with van der Waals surface area (Å²) in [5.41, 5.74) is 0.962. The average molecular weight is 340 g/mol. The summed E-state index contributed by atoms with van der Waals surface area (Å²) in [7, 11) is 0. The minimum Gasteiger partial charge on any atom is -0.322 e. The van der Waals surface area contributed by atoms with E-state index in [1.807, 2.05) is 30.5 Å². The number of rotatable bonds is 3. The molecule has 2 aromatic carbocycles. The molecule has 98 valence electrons. The second-order valence-electron chi connectivity index (χ2n) is 3.84. The summed E-state index contributed by atoms with van der Waals surface area (Å²) >= 11 is 4.79. The Labute approximate surface area is 123 Å². The standard InChI is InChI=1S/C14H11BrFNOS/c1-19-13-4-2-12(3-5-13)17-14(18)9-6-10(15)8-11(16)7-9/h2-8H,1H3,(H,17,18). The monoisotopic (exact) mass is 339 g/mol. The normalized spacial score (nSPS) is 10.3. The number of anilines is 1. The van der Waals surface area contributed by atoms with E-state index in [1.165, 1.54) is 12.1 Å². The molecule has 1 amide bonds. The largest absolute Gasteiger partial charge is 0.322 e. The zero-order valence-electron chi connectivity index (χ0n) is 10.1. The molecule has 2 rings (SSSR count). The molecule has 1 N–H and O–H groups in total. The van der Waals surface area contributed by atoms with Gasteiger partial charge in [0, 0.05) is 20.6 Å². The molecule has 0 spiro atoms. The van der Waals surface area contributed by atoms with Gasteiger partial charge in [-0.2, -0.15) is 0 Å². The molecule has 0 radical (unpaired) electrons. The zero-order valence-corrected chi connectivity index (χ0v) is 12.5. The first-order chi connectivity index (χ1) is 9.08. The van der Waals surface area contributed by atoms with Crippen molar-refractivity contribution in [1.82, 2.24) is 0 Å². The third-order valence-electron chi connectivity index (χ3n) is 2.47. The van der Waals surface area contributed by atoms with Gasteiger partial charge in [0.2, 0.25) is 0 Å². The van der Waals surface area contributed by atoms with Crippen LogP contribution in [0.2, 0.25) is 0 Å². The van der Waals surface area contributed by atoms with Gasteiger partial charge in [-0.15, -0.1) is 11.8 Å². The highest BCUT2D eigenvalue weighted by Crippen LogP contribution is 2.19. The molecule has 0 atom stereocenters. The summed E-state index contributed by atoms with van der Waals surface area (Å²) in [4.78, 5) is 13.1. The molecule has 0 fully saturated rings. The van der Waals surface area contributed by atoms with E-state index in [9.17, 15) is 9.18 Å². The molecule has 2 aromatic rings. The molecule has 19 heavy (non-hydrogen) atoms. The summed E-state index contributed by atoms with van der Waals surface area (Å²) in [6.45, 7) is 0. The Morgan fingerprint density at radius 2 is 1.89 bits per heavy atom. The van der Waals surface area contributed by atoms with Gasteiger partial charge in [0.25, 0.3) is 5.91 Å². The van der Waals surface area contributed by atoms with E-state index in [4.69, 9.17) is 0 Å². The molecule has 0 bridgehead atoms. The predicted octanol–water partition coefficient (Wildman–Crippen LogP) is 4.56. The van der Waals surface area contributed by atoms with Crippen LogP contribution in [0.15, 0.2) is 51.8 Å². The van der Waals surface area contributed by atoms with Gasteiger partial charge in [0.1, 0.15) is 5.82 Å². The van der Waals surface area contributed by atoms with Crippen molar-refractivity contribution in [3.8, 4) is 0 Å². The molecule has 0 unspecified atom stereocenters. The highest BCUT2D eigenvalue weighted by Gasteiger charge is 2.08. The van der Waals surface area contributed by atoms with Crippen molar-refractivity contribution < 1.29 is 9.18 Å². The number of nitrogens with one attached hydrogen (secondary N) is 1. The maximum Gasteiger partial charge on any atom is 0.255 e. The van der Waals surface area contributed by atoms with E-state index in [1.54, 1.807) is 17.8 Å². The average Bonchev–Trinajstić information content (AvgIpc) is 2.38. The van der Waals surface area contributed by atoms with Crippen LogP contribution in [0.5, 0.6) is 0 Å². The molecule has 0 aliphatic heterocycles. The number of amides is 1. The summed E-state index contributed by atoms with van der Waals surface area (Å²) in [6.07, 6.45) is 1.98. The van der Waals surface area contributed by atoms with Crippen LogP contribution in [-0.4, -0.2) is 12.2 Å². The molecule has 2 nitrogen and oxygen atoms in total. The van der Waals surface area contributed by atoms with E-state index >= 15 is 0 Å². The van der Waals surface area contributed by atoms with Crippen molar-refractivity contribution in [2.75, 3.05) is 11.6 Å². The van der Waals surface area contributed by atoms with Crippen LogP contribution in [0.4, 0.5) is 10.1 Å². The molecular formula is C14H11BrFNOS. The lowest BCUT2D eigenvalue weighted by Gasteiger charge is -2.06. The van der Waals surface area contributed by atoms with Gasteiger partial charge in [-0.05, 0) is 48.7 Å². The van der Waals surface area contributed by atoms with Crippen LogP contribution >= 0.6 is 27.7 Å².